The van der Waals surface area contributed by atoms with Gasteiger partial charge in [0.2, 0.25) is 11.7 Å². The molecule has 7 nitrogen and oxygen atoms in total. The second-order valence-corrected chi connectivity index (χ2v) is 4.84. The highest BCUT2D eigenvalue weighted by molar-refractivity contribution is 5.90. The maximum Gasteiger partial charge on any atom is 0.405 e. The topological polar surface area (TPSA) is 108 Å². The fourth-order valence-corrected chi connectivity index (χ4v) is 2.50. The van der Waals surface area contributed by atoms with Gasteiger partial charge >= 0.3 is 6.09 Å². The second-order valence-electron chi connectivity index (χ2n) is 4.84. The van der Waals surface area contributed by atoms with Crippen LogP contribution in [0.1, 0.15) is 25.7 Å². The van der Waals surface area contributed by atoms with E-state index in [1.807, 2.05) is 0 Å². The van der Waals surface area contributed by atoms with Crippen molar-refractivity contribution in [2.45, 2.75) is 37.9 Å². The number of primary amides is 1. The molecule has 0 bridgehead atoms. The highest BCUT2D eigenvalue weighted by atomic mass is 16.6. The predicted octanol–water partition coefficient (Wildman–Crippen LogP) is -0.275. The molecular formula is C12H18N2O5. The van der Waals surface area contributed by atoms with Crippen molar-refractivity contribution in [2.24, 2.45) is 11.7 Å². The number of ether oxygens (including phenoxy) is 2. The molecule has 0 radical (unpaired) electrons. The van der Waals surface area contributed by atoms with Gasteiger partial charge in [-0.2, -0.15) is 0 Å². The van der Waals surface area contributed by atoms with Crippen LogP contribution in [0.4, 0.5) is 4.79 Å². The van der Waals surface area contributed by atoms with E-state index in [0.717, 1.165) is 6.42 Å². The Labute approximate surface area is 110 Å². The van der Waals surface area contributed by atoms with Crippen molar-refractivity contribution in [2.75, 3.05) is 13.2 Å². The molecule has 19 heavy (non-hydrogen) atoms. The molecule has 2 amide bonds. The molecule has 0 aromatic heterocycles. The standard InChI is InChI=1S/C12H18N2O5/c13-12(17)19-9(6-7-3-4-14-11(7)16)10(15)8-2-1-5-18-8/h7-9H,1-6H2,(H2,13,17)(H,14,16)/t7?,8?,9-/m0/s1. The average molecular weight is 270 g/mol. The zero-order valence-electron chi connectivity index (χ0n) is 10.6. The van der Waals surface area contributed by atoms with Gasteiger partial charge in [-0.25, -0.2) is 4.79 Å². The second kappa shape index (κ2) is 6.01. The lowest BCUT2D eigenvalue weighted by atomic mass is 9.95. The summed E-state index contributed by atoms with van der Waals surface area (Å²) in [5.41, 5.74) is 4.98. The zero-order chi connectivity index (χ0) is 13.8. The van der Waals surface area contributed by atoms with Crippen molar-refractivity contribution in [1.82, 2.24) is 5.32 Å². The van der Waals surface area contributed by atoms with Crippen LogP contribution in [0, 0.1) is 5.92 Å². The summed E-state index contributed by atoms with van der Waals surface area (Å²) in [6.45, 7) is 1.12. The maximum atomic E-state index is 12.2. The zero-order valence-corrected chi connectivity index (χ0v) is 10.6. The molecule has 2 aliphatic heterocycles. The monoisotopic (exact) mass is 270 g/mol. The van der Waals surface area contributed by atoms with E-state index in [4.69, 9.17) is 15.2 Å². The molecule has 0 aliphatic carbocycles. The number of Topliss-reactive ketones (excluding diaryl/α,β-unsaturated/α-hetero) is 1. The maximum absolute atomic E-state index is 12.2. The number of ketones is 1. The molecule has 2 saturated heterocycles. The molecular weight excluding hydrogens is 252 g/mol. The summed E-state index contributed by atoms with van der Waals surface area (Å²) in [6, 6.07) is 0. The summed E-state index contributed by atoms with van der Waals surface area (Å²) in [7, 11) is 0. The van der Waals surface area contributed by atoms with E-state index < -0.39 is 18.3 Å². The van der Waals surface area contributed by atoms with Gasteiger partial charge in [-0.3, -0.25) is 9.59 Å². The van der Waals surface area contributed by atoms with Crippen molar-refractivity contribution >= 4 is 17.8 Å². The molecule has 2 heterocycles. The minimum absolute atomic E-state index is 0.113. The van der Waals surface area contributed by atoms with E-state index >= 15 is 0 Å². The first-order valence-corrected chi connectivity index (χ1v) is 6.47. The molecule has 7 heteroatoms. The highest BCUT2D eigenvalue weighted by Crippen LogP contribution is 2.22. The van der Waals surface area contributed by atoms with Gasteiger partial charge in [-0.15, -0.1) is 0 Å². The van der Waals surface area contributed by atoms with E-state index in [2.05, 4.69) is 5.32 Å². The van der Waals surface area contributed by atoms with Crippen molar-refractivity contribution in [1.29, 1.82) is 0 Å². The lowest BCUT2D eigenvalue weighted by molar-refractivity contribution is -0.138. The van der Waals surface area contributed by atoms with Crippen molar-refractivity contribution in [3.63, 3.8) is 0 Å². The Hall–Kier alpha value is -1.63. The molecule has 0 aromatic rings. The number of nitrogens with one attached hydrogen (secondary N) is 1. The van der Waals surface area contributed by atoms with Gasteiger partial charge in [0.1, 0.15) is 6.10 Å². The van der Waals surface area contributed by atoms with Gasteiger partial charge in [0, 0.05) is 25.5 Å². The van der Waals surface area contributed by atoms with Crippen LogP contribution in [0.15, 0.2) is 0 Å². The number of nitrogens with two attached hydrogens (primary N) is 1. The quantitative estimate of drug-likeness (QED) is 0.714. The minimum atomic E-state index is -1.00. The summed E-state index contributed by atoms with van der Waals surface area (Å²) in [5, 5.41) is 2.68. The van der Waals surface area contributed by atoms with E-state index in [0.29, 0.717) is 26.0 Å². The number of amides is 2. The predicted molar refractivity (Wildman–Crippen MR) is 64.2 cm³/mol. The molecule has 2 aliphatic rings. The molecule has 0 aromatic carbocycles. The molecule has 0 spiro atoms. The van der Waals surface area contributed by atoms with E-state index in [9.17, 15) is 14.4 Å². The van der Waals surface area contributed by atoms with E-state index in [1.165, 1.54) is 0 Å². The van der Waals surface area contributed by atoms with Crippen LogP contribution in [0.3, 0.4) is 0 Å². The Bertz CT molecular complexity index is 378. The third kappa shape index (κ3) is 3.44. The normalized spacial score (nSPS) is 27.9. The Morgan fingerprint density at radius 3 is 2.79 bits per heavy atom. The van der Waals surface area contributed by atoms with Crippen LogP contribution in [0.5, 0.6) is 0 Å². The first kappa shape index (κ1) is 13.8. The first-order valence-electron chi connectivity index (χ1n) is 6.47. The van der Waals surface area contributed by atoms with Crippen LogP contribution < -0.4 is 11.1 Å². The van der Waals surface area contributed by atoms with Gasteiger partial charge in [0.25, 0.3) is 0 Å². The van der Waals surface area contributed by atoms with E-state index in [1.54, 1.807) is 0 Å². The van der Waals surface area contributed by atoms with Crippen LogP contribution in [0.2, 0.25) is 0 Å². The molecule has 3 atom stereocenters. The molecule has 0 saturated carbocycles. The Balaban J connectivity index is 1.99. The van der Waals surface area contributed by atoms with Crippen molar-refractivity contribution in [3.05, 3.63) is 0 Å². The summed E-state index contributed by atoms with van der Waals surface area (Å²) < 4.78 is 10.2. The van der Waals surface area contributed by atoms with E-state index in [-0.39, 0.29) is 24.0 Å². The fourth-order valence-electron chi connectivity index (χ4n) is 2.50. The van der Waals surface area contributed by atoms with Crippen molar-refractivity contribution in [3.8, 4) is 0 Å². The summed E-state index contributed by atoms with van der Waals surface area (Å²) in [5.74, 6) is -0.719. The first-order chi connectivity index (χ1) is 9.08. The Kier molecular flexibility index (Phi) is 4.36. The minimum Gasteiger partial charge on any atom is -0.438 e. The summed E-state index contributed by atoms with van der Waals surface area (Å²) in [4.78, 5) is 34.6. The molecule has 106 valence electrons. The molecule has 2 fully saturated rings. The number of hydrogen-bond acceptors (Lipinski definition) is 5. The Morgan fingerprint density at radius 1 is 1.47 bits per heavy atom. The average Bonchev–Trinajstić information content (AvgIpc) is 2.99. The van der Waals surface area contributed by atoms with Crippen LogP contribution >= 0.6 is 0 Å². The lowest BCUT2D eigenvalue weighted by Gasteiger charge is -2.20. The van der Waals surface area contributed by atoms with Crippen LogP contribution in [-0.4, -0.2) is 43.1 Å². The van der Waals surface area contributed by atoms with Gasteiger partial charge in [-0.1, -0.05) is 0 Å². The fraction of sp³-hybridized carbons (Fsp3) is 0.750. The third-order valence-electron chi connectivity index (χ3n) is 3.48. The molecule has 3 N–H and O–H groups in total. The Morgan fingerprint density at radius 2 is 2.26 bits per heavy atom. The van der Waals surface area contributed by atoms with Crippen LogP contribution in [-0.2, 0) is 19.1 Å². The number of rotatable bonds is 5. The number of hydrogen-bond donors (Lipinski definition) is 2. The van der Waals surface area contributed by atoms with Gasteiger partial charge in [0.15, 0.2) is 6.10 Å². The lowest BCUT2D eigenvalue weighted by Crippen LogP contribution is -2.39. The van der Waals surface area contributed by atoms with Crippen LogP contribution in [0.25, 0.3) is 0 Å². The SMILES string of the molecule is NC(=O)O[C@@H](CC1CCNC1=O)C(=O)C1CCCO1. The summed E-state index contributed by atoms with van der Waals surface area (Å²) in [6.07, 6.45) is -0.306. The van der Waals surface area contributed by atoms with Gasteiger partial charge in [-0.05, 0) is 19.3 Å². The highest BCUT2D eigenvalue weighted by Gasteiger charge is 2.36. The third-order valence-corrected chi connectivity index (χ3v) is 3.48. The summed E-state index contributed by atoms with van der Waals surface area (Å²) >= 11 is 0. The molecule has 2 unspecified atom stereocenters. The van der Waals surface area contributed by atoms with Gasteiger partial charge < -0.3 is 20.5 Å². The number of carbonyl (C=O) groups excluding carboxylic acids is 3. The van der Waals surface area contributed by atoms with Crippen molar-refractivity contribution < 1.29 is 23.9 Å². The van der Waals surface area contributed by atoms with Gasteiger partial charge in [0.05, 0.1) is 0 Å². The smallest absolute Gasteiger partial charge is 0.405 e. The largest absolute Gasteiger partial charge is 0.438 e. The molecule has 2 rings (SSSR count). The number of carbonyl (C=O) groups is 3.